The van der Waals surface area contributed by atoms with Gasteiger partial charge in [-0.25, -0.2) is 9.18 Å². The second kappa shape index (κ2) is 10.1. The van der Waals surface area contributed by atoms with Crippen LogP contribution in [0.5, 0.6) is 5.75 Å². The normalized spacial score (nSPS) is 13.0. The number of halogens is 1. The first kappa shape index (κ1) is 21.0. The van der Waals surface area contributed by atoms with Crippen molar-refractivity contribution in [2.45, 2.75) is 23.5 Å². The minimum absolute atomic E-state index is 0.180. The summed E-state index contributed by atoms with van der Waals surface area (Å²) in [4.78, 5) is 13.4. The Bertz CT molecular complexity index is 756. The van der Waals surface area contributed by atoms with Gasteiger partial charge in [-0.3, -0.25) is 5.32 Å². The molecule has 2 atom stereocenters. The van der Waals surface area contributed by atoms with Crippen LogP contribution in [0.25, 0.3) is 0 Å². The van der Waals surface area contributed by atoms with E-state index in [4.69, 9.17) is 9.47 Å². The second-order valence-electron chi connectivity index (χ2n) is 5.68. The van der Waals surface area contributed by atoms with E-state index < -0.39 is 29.9 Å². The maximum absolute atomic E-state index is 13.8. The molecule has 0 fully saturated rings. The molecule has 2 aromatic carbocycles. The third kappa shape index (κ3) is 5.85. The smallest absolute Gasteiger partial charge is 0.412 e. The number of carbonyl (C=O) groups is 1. The van der Waals surface area contributed by atoms with E-state index in [2.05, 4.69) is 5.32 Å². The summed E-state index contributed by atoms with van der Waals surface area (Å²) in [5.74, 6) is -1.35. The number of rotatable bonds is 8. The zero-order valence-electron chi connectivity index (χ0n) is 15.0. The number of aliphatic hydroxyl groups is 1. The van der Waals surface area contributed by atoms with Crippen LogP contribution in [-0.4, -0.2) is 42.4 Å². The highest BCUT2D eigenvalue weighted by Gasteiger charge is 2.28. The van der Waals surface area contributed by atoms with E-state index in [1.54, 1.807) is 23.9 Å². The van der Waals surface area contributed by atoms with Crippen molar-refractivity contribution in [1.29, 1.82) is 0 Å². The molecule has 0 aliphatic rings. The number of phenolic OH excluding ortho intramolecular Hbond substituents is 1. The zero-order valence-corrected chi connectivity index (χ0v) is 15.8. The van der Waals surface area contributed by atoms with Gasteiger partial charge in [-0.15, -0.1) is 11.8 Å². The summed E-state index contributed by atoms with van der Waals surface area (Å²) in [5.41, 5.74) is 0.850. The number of anilines is 1. The number of ether oxygens (including phenoxy) is 2. The van der Waals surface area contributed by atoms with E-state index >= 15 is 0 Å². The van der Waals surface area contributed by atoms with Gasteiger partial charge in [0.15, 0.2) is 17.7 Å². The number of thioether (sulfide) groups is 1. The predicted molar refractivity (Wildman–Crippen MR) is 102 cm³/mol. The average Bonchev–Trinajstić information content (AvgIpc) is 2.67. The molecule has 0 aliphatic heterocycles. The molecular formula is C19H22FNO5S. The Balaban J connectivity index is 2.18. The summed E-state index contributed by atoms with van der Waals surface area (Å²) in [5, 5.41) is 21.2. The summed E-state index contributed by atoms with van der Waals surface area (Å²) in [6, 6.07) is 10.9. The monoisotopic (exact) mass is 395 g/mol. The molecule has 146 valence electrons. The summed E-state index contributed by atoms with van der Waals surface area (Å²) in [6.45, 7) is -0.198. The van der Waals surface area contributed by atoms with Gasteiger partial charge in [0.2, 0.25) is 0 Å². The van der Waals surface area contributed by atoms with Crippen molar-refractivity contribution in [1.82, 2.24) is 0 Å². The highest BCUT2D eigenvalue weighted by atomic mass is 32.2. The molecule has 0 aliphatic carbocycles. The molecule has 2 rings (SSSR count). The lowest BCUT2D eigenvalue weighted by Crippen LogP contribution is -2.29. The number of hydrogen-bond donors (Lipinski definition) is 3. The molecule has 2 aromatic rings. The van der Waals surface area contributed by atoms with Gasteiger partial charge >= 0.3 is 6.09 Å². The molecular weight excluding hydrogens is 373 g/mol. The van der Waals surface area contributed by atoms with Crippen molar-refractivity contribution >= 4 is 23.5 Å². The molecule has 1 amide bonds. The Morgan fingerprint density at radius 3 is 2.52 bits per heavy atom. The highest BCUT2D eigenvalue weighted by molar-refractivity contribution is 7.98. The zero-order chi connectivity index (χ0) is 19.8. The van der Waals surface area contributed by atoms with Gasteiger partial charge in [0.25, 0.3) is 0 Å². The summed E-state index contributed by atoms with van der Waals surface area (Å²) < 4.78 is 24.5. The Labute approximate surface area is 161 Å². The third-order valence-corrected chi connectivity index (χ3v) is 4.67. The van der Waals surface area contributed by atoms with Gasteiger partial charge in [-0.05, 0) is 48.2 Å². The number of carbonyl (C=O) groups excluding carboxylic acids is 1. The van der Waals surface area contributed by atoms with Crippen molar-refractivity contribution in [3.8, 4) is 5.75 Å². The van der Waals surface area contributed by atoms with Crippen molar-refractivity contribution in [3.05, 3.63) is 53.8 Å². The van der Waals surface area contributed by atoms with E-state index in [-0.39, 0.29) is 13.0 Å². The molecule has 0 saturated carbocycles. The number of phenols is 1. The molecule has 0 saturated heterocycles. The van der Waals surface area contributed by atoms with Crippen LogP contribution in [0, 0.1) is 5.82 Å². The molecule has 0 heterocycles. The molecule has 0 aromatic heterocycles. The number of methoxy groups -OCH3 is 1. The van der Waals surface area contributed by atoms with E-state index in [0.29, 0.717) is 11.3 Å². The third-order valence-electron chi connectivity index (χ3n) is 3.92. The topological polar surface area (TPSA) is 88.0 Å². The Morgan fingerprint density at radius 2 is 1.96 bits per heavy atom. The lowest BCUT2D eigenvalue weighted by atomic mass is 10.0. The van der Waals surface area contributed by atoms with Crippen molar-refractivity contribution < 1.29 is 28.9 Å². The van der Waals surface area contributed by atoms with Crippen LogP contribution in [0.3, 0.4) is 0 Å². The largest absolute Gasteiger partial charge is 0.505 e. The van der Waals surface area contributed by atoms with Crippen LogP contribution in [0.15, 0.2) is 47.4 Å². The van der Waals surface area contributed by atoms with Crippen molar-refractivity contribution in [2.24, 2.45) is 0 Å². The average molecular weight is 395 g/mol. The minimum atomic E-state index is -0.970. The van der Waals surface area contributed by atoms with E-state index in [0.717, 1.165) is 11.0 Å². The fourth-order valence-corrected chi connectivity index (χ4v) is 2.92. The number of benzene rings is 2. The number of aromatic hydroxyl groups is 1. The predicted octanol–water partition coefficient (Wildman–Crippen LogP) is 3.94. The fraction of sp³-hybridized carbons (Fsp3) is 0.316. The molecule has 0 unspecified atom stereocenters. The van der Waals surface area contributed by atoms with Gasteiger partial charge < -0.3 is 19.7 Å². The lowest BCUT2D eigenvalue weighted by molar-refractivity contribution is -0.0307. The Kier molecular flexibility index (Phi) is 7.90. The summed E-state index contributed by atoms with van der Waals surface area (Å²) in [6.07, 6.45) is -0.277. The standard InChI is InChI=1S/C19H22FNO5S/c1-25-17(9-10-22)18(12-3-8-16(23)15(20)11-12)26-19(24)21-13-4-6-14(27-2)7-5-13/h3-8,11,17-18,22-23H,9-10H2,1-2H3,(H,21,24)/t17-,18-/m0/s1. The Hall–Kier alpha value is -2.29. The van der Waals surface area contributed by atoms with Crippen LogP contribution < -0.4 is 5.32 Å². The SMILES string of the molecule is CO[C@@H](CCO)[C@@H](OC(=O)Nc1ccc(SC)cc1)c1ccc(O)c(F)c1. The molecule has 6 nitrogen and oxygen atoms in total. The Morgan fingerprint density at radius 1 is 1.26 bits per heavy atom. The number of nitrogens with one attached hydrogen (secondary N) is 1. The second-order valence-corrected chi connectivity index (χ2v) is 6.56. The van der Waals surface area contributed by atoms with E-state index in [1.807, 2.05) is 18.4 Å². The van der Waals surface area contributed by atoms with E-state index in [1.165, 1.54) is 19.2 Å². The minimum Gasteiger partial charge on any atom is -0.505 e. The van der Waals surface area contributed by atoms with Crippen LogP contribution in [-0.2, 0) is 9.47 Å². The van der Waals surface area contributed by atoms with Crippen LogP contribution in [0.2, 0.25) is 0 Å². The summed E-state index contributed by atoms with van der Waals surface area (Å²) >= 11 is 1.58. The number of aliphatic hydroxyl groups excluding tert-OH is 1. The lowest BCUT2D eigenvalue weighted by Gasteiger charge is -2.26. The molecule has 0 radical (unpaired) electrons. The van der Waals surface area contributed by atoms with Gasteiger partial charge in [0, 0.05) is 30.7 Å². The van der Waals surface area contributed by atoms with Gasteiger partial charge in [0.1, 0.15) is 6.10 Å². The maximum Gasteiger partial charge on any atom is 0.412 e. The number of amides is 1. The molecule has 27 heavy (non-hydrogen) atoms. The van der Waals surface area contributed by atoms with Crippen molar-refractivity contribution in [3.63, 3.8) is 0 Å². The summed E-state index contributed by atoms with van der Waals surface area (Å²) in [7, 11) is 1.41. The van der Waals surface area contributed by atoms with Crippen molar-refractivity contribution in [2.75, 3.05) is 25.3 Å². The quantitative estimate of drug-likeness (QED) is 0.587. The van der Waals surface area contributed by atoms with Gasteiger partial charge in [-0.1, -0.05) is 6.07 Å². The van der Waals surface area contributed by atoms with Crippen LogP contribution >= 0.6 is 11.8 Å². The maximum atomic E-state index is 13.8. The highest BCUT2D eigenvalue weighted by Crippen LogP contribution is 2.29. The first-order valence-electron chi connectivity index (χ1n) is 8.22. The molecule has 8 heteroatoms. The molecule has 0 spiro atoms. The van der Waals surface area contributed by atoms with Crippen LogP contribution in [0.1, 0.15) is 18.1 Å². The number of hydrogen-bond acceptors (Lipinski definition) is 6. The first-order chi connectivity index (χ1) is 13.0. The van der Waals surface area contributed by atoms with E-state index in [9.17, 15) is 19.4 Å². The first-order valence-corrected chi connectivity index (χ1v) is 9.44. The molecule has 3 N–H and O–H groups in total. The van der Waals surface area contributed by atoms with Gasteiger partial charge in [-0.2, -0.15) is 0 Å². The van der Waals surface area contributed by atoms with Crippen LogP contribution in [0.4, 0.5) is 14.9 Å². The van der Waals surface area contributed by atoms with Gasteiger partial charge in [0.05, 0.1) is 0 Å². The fourth-order valence-electron chi connectivity index (χ4n) is 2.52. The molecule has 0 bridgehead atoms.